The highest BCUT2D eigenvalue weighted by molar-refractivity contribution is 8.26. The zero-order chi connectivity index (χ0) is 23.7. The van der Waals surface area contributed by atoms with Crippen molar-refractivity contribution in [2.75, 3.05) is 6.54 Å². The fourth-order valence-corrected chi connectivity index (χ4v) is 5.10. The summed E-state index contributed by atoms with van der Waals surface area (Å²) in [5, 5.41) is 4.97. The molecule has 1 fully saturated rings. The largest absolute Gasteiger partial charge is 0.293 e. The second-order valence-electron chi connectivity index (χ2n) is 9.13. The Morgan fingerprint density at radius 3 is 2.48 bits per heavy atom. The number of carbonyl (C=O) groups excluding carboxylic acids is 1. The Balaban J connectivity index is 1.84. The third kappa shape index (κ3) is 4.97. The van der Waals surface area contributed by atoms with Crippen LogP contribution < -0.4 is 0 Å². The lowest BCUT2D eigenvalue weighted by atomic mass is 9.95. The summed E-state index contributed by atoms with van der Waals surface area (Å²) in [6, 6.07) is 16.6. The van der Waals surface area contributed by atoms with Crippen LogP contribution in [0.1, 0.15) is 50.3 Å². The number of carbonyl (C=O) groups is 1. The van der Waals surface area contributed by atoms with Gasteiger partial charge >= 0.3 is 0 Å². The molecular formula is C27H29N3OS2. The lowest BCUT2D eigenvalue weighted by molar-refractivity contribution is -0.122. The molecule has 0 radical (unpaired) electrons. The first-order valence-corrected chi connectivity index (χ1v) is 12.5. The van der Waals surface area contributed by atoms with Gasteiger partial charge < -0.3 is 0 Å². The maximum atomic E-state index is 13.1. The Hall–Kier alpha value is -2.70. The molecule has 0 aliphatic carbocycles. The van der Waals surface area contributed by atoms with E-state index < -0.39 is 0 Å². The van der Waals surface area contributed by atoms with Crippen LogP contribution in [0.2, 0.25) is 0 Å². The molecule has 4 nitrogen and oxygen atoms in total. The van der Waals surface area contributed by atoms with Crippen LogP contribution in [0.3, 0.4) is 0 Å². The van der Waals surface area contributed by atoms with Crippen molar-refractivity contribution < 1.29 is 4.79 Å². The Bertz CT molecular complexity index is 1230. The quantitative estimate of drug-likeness (QED) is 0.289. The maximum Gasteiger partial charge on any atom is 0.266 e. The number of thiocarbonyl (C=S) groups is 1. The predicted octanol–water partition coefficient (Wildman–Crippen LogP) is 6.83. The van der Waals surface area contributed by atoms with E-state index in [0.29, 0.717) is 27.6 Å². The zero-order valence-corrected chi connectivity index (χ0v) is 21.3. The first-order chi connectivity index (χ1) is 15.7. The molecule has 4 rings (SSSR count). The highest BCUT2D eigenvalue weighted by atomic mass is 32.2. The molecule has 3 aromatic rings. The van der Waals surface area contributed by atoms with Crippen LogP contribution in [-0.2, 0) is 4.79 Å². The smallest absolute Gasteiger partial charge is 0.266 e. The average Bonchev–Trinajstić information content (AvgIpc) is 3.31. The van der Waals surface area contributed by atoms with E-state index in [1.54, 1.807) is 4.90 Å². The maximum absolute atomic E-state index is 13.1. The van der Waals surface area contributed by atoms with Crippen LogP contribution in [0.25, 0.3) is 23.0 Å². The number of benzene rings is 2. The molecule has 33 heavy (non-hydrogen) atoms. The second kappa shape index (κ2) is 9.65. The molecule has 170 valence electrons. The fraction of sp³-hybridized carbons (Fsp3) is 0.296. The Morgan fingerprint density at radius 1 is 1.09 bits per heavy atom. The molecule has 1 aliphatic rings. The number of hydrogen-bond acceptors (Lipinski definition) is 4. The van der Waals surface area contributed by atoms with E-state index in [1.165, 1.54) is 17.3 Å². The van der Waals surface area contributed by atoms with E-state index in [-0.39, 0.29) is 5.91 Å². The summed E-state index contributed by atoms with van der Waals surface area (Å²) in [7, 11) is 0. The Labute approximate surface area is 205 Å². The average molecular weight is 476 g/mol. The van der Waals surface area contributed by atoms with Gasteiger partial charge in [-0.15, -0.1) is 0 Å². The minimum Gasteiger partial charge on any atom is -0.293 e. The van der Waals surface area contributed by atoms with Gasteiger partial charge in [-0.25, -0.2) is 4.68 Å². The topological polar surface area (TPSA) is 38.1 Å². The van der Waals surface area contributed by atoms with Gasteiger partial charge in [-0.2, -0.15) is 5.10 Å². The third-order valence-corrected chi connectivity index (χ3v) is 7.03. The summed E-state index contributed by atoms with van der Waals surface area (Å²) in [6.07, 6.45) is 3.95. The summed E-state index contributed by atoms with van der Waals surface area (Å²) in [5.41, 5.74) is 6.25. The molecule has 1 amide bonds. The van der Waals surface area contributed by atoms with E-state index in [1.807, 2.05) is 47.3 Å². The SMILES string of the molecule is Cc1ccc(C(C)C)cc1-c1nn(-c2ccccc2)cc1/C=C1/SC(=S)N(CC(C)C)C1=O. The molecule has 1 saturated heterocycles. The van der Waals surface area contributed by atoms with E-state index in [4.69, 9.17) is 17.3 Å². The summed E-state index contributed by atoms with van der Waals surface area (Å²) >= 11 is 6.88. The van der Waals surface area contributed by atoms with Gasteiger partial charge in [0.2, 0.25) is 0 Å². The number of amides is 1. The van der Waals surface area contributed by atoms with E-state index in [9.17, 15) is 4.79 Å². The first-order valence-electron chi connectivity index (χ1n) is 11.3. The van der Waals surface area contributed by atoms with Crippen molar-refractivity contribution in [3.05, 3.63) is 76.3 Å². The molecule has 6 heteroatoms. The number of hydrogen-bond donors (Lipinski definition) is 0. The molecule has 0 unspecified atom stereocenters. The standard InChI is InChI=1S/C27H29N3OS2/c1-17(2)15-29-26(31)24(33-27(29)32)14-21-16-30(22-9-7-6-8-10-22)28-25(21)23-13-20(18(3)4)12-11-19(23)5/h6-14,16-18H,15H2,1-5H3/b24-14+. The van der Waals surface area contributed by atoms with Crippen molar-refractivity contribution in [2.24, 2.45) is 5.92 Å². The van der Waals surface area contributed by atoms with Gasteiger partial charge in [-0.05, 0) is 54.2 Å². The van der Waals surface area contributed by atoms with Crippen molar-refractivity contribution in [1.29, 1.82) is 0 Å². The second-order valence-corrected chi connectivity index (χ2v) is 10.8. The summed E-state index contributed by atoms with van der Waals surface area (Å²) in [5.74, 6) is 0.741. The monoisotopic (exact) mass is 475 g/mol. The fourth-order valence-electron chi connectivity index (χ4n) is 3.83. The molecule has 1 aliphatic heterocycles. The van der Waals surface area contributed by atoms with Gasteiger partial charge in [-0.1, -0.05) is 82.0 Å². The molecule has 2 aromatic carbocycles. The van der Waals surface area contributed by atoms with Gasteiger partial charge in [0.1, 0.15) is 10.0 Å². The summed E-state index contributed by atoms with van der Waals surface area (Å²) in [6.45, 7) is 11.3. The van der Waals surface area contributed by atoms with Gasteiger partial charge in [0.25, 0.3) is 5.91 Å². The third-order valence-electron chi connectivity index (χ3n) is 5.65. The highest BCUT2D eigenvalue weighted by Gasteiger charge is 2.32. The number of aryl methyl sites for hydroxylation is 1. The Morgan fingerprint density at radius 2 is 1.82 bits per heavy atom. The summed E-state index contributed by atoms with van der Waals surface area (Å²) < 4.78 is 2.51. The van der Waals surface area contributed by atoms with Crippen LogP contribution in [0.15, 0.2) is 59.6 Å². The minimum absolute atomic E-state index is 0.0234. The minimum atomic E-state index is -0.0234. The van der Waals surface area contributed by atoms with E-state index >= 15 is 0 Å². The number of aromatic nitrogens is 2. The number of nitrogens with zero attached hydrogens (tertiary/aromatic N) is 3. The molecule has 0 atom stereocenters. The normalized spacial score (nSPS) is 15.5. The molecular weight excluding hydrogens is 446 g/mol. The van der Waals surface area contributed by atoms with Gasteiger partial charge in [0, 0.05) is 23.9 Å². The lowest BCUT2D eigenvalue weighted by Crippen LogP contribution is -2.31. The molecule has 0 bridgehead atoms. The van der Waals surface area contributed by atoms with Crippen molar-refractivity contribution in [2.45, 2.75) is 40.5 Å². The number of para-hydroxylation sites is 1. The number of thioether (sulfide) groups is 1. The van der Waals surface area contributed by atoms with Crippen LogP contribution in [0.4, 0.5) is 0 Å². The van der Waals surface area contributed by atoms with Crippen molar-refractivity contribution in [3.8, 4) is 16.9 Å². The lowest BCUT2D eigenvalue weighted by Gasteiger charge is -2.16. The first kappa shape index (κ1) is 23.5. The van der Waals surface area contributed by atoms with Crippen LogP contribution in [0.5, 0.6) is 0 Å². The molecule has 0 spiro atoms. The van der Waals surface area contributed by atoms with Crippen molar-refractivity contribution >= 4 is 40.3 Å². The molecule has 1 aromatic heterocycles. The van der Waals surface area contributed by atoms with Gasteiger partial charge in [0.15, 0.2) is 0 Å². The van der Waals surface area contributed by atoms with Crippen LogP contribution in [-0.4, -0.2) is 31.5 Å². The Kier molecular flexibility index (Phi) is 6.86. The predicted molar refractivity (Wildman–Crippen MR) is 143 cm³/mol. The van der Waals surface area contributed by atoms with E-state index in [2.05, 4.69) is 52.8 Å². The summed E-state index contributed by atoms with van der Waals surface area (Å²) in [4.78, 5) is 15.5. The molecule has 2 heterocycles. The van der Waals surface area contributed by atoms with Crippen molar-refractivity contribution in [3.63, 3.8) is 0 Å². The number of rotatable bonds is 6. The van der Waals surface area contributed by atoms with Gasteiger partial charge in [0.05, 0.1) is 10.6 Å². The molecule has 0 saturated carbocycles. The van der Waals surface area contributed by atoms with Crippen LogP contribution >= 0.6 is 24.0 Å². The van der Waals surface area contributed by atoms with Crippen molar-refractivity contribution in [1.82, 2.24) is 14.7 Å². The highest BCUT2D eigenvalue weighted by Crippen LogP contribution is 2.36. The van der Waals surface area contributed by atoms with Crippen LogP contribution in [0, 0.1) is 12.8 Å². The molecule has 0 N–H and O–H groups in total. The van der Waals surface area contributed by atoms with Gasteiger partial charge in [-0.3, -0.25) is 9.69 Å². The van der Waals surface area contributed by atoms with E-state index in [0.717, 1.165) is 28.1 Å². The zero-order valence-electron chi connectivity index (χ0n) is 19.7.